The Labute approximate surface area is 102 Å². The molecule has 0 fully saturated rings. The van der Waals surface area contributed by atoms with Crippen molar-refractivity contribution in [1.82, 2.24) is 0 Å². The van der Waals surface area contributed by atoms with Crippen LogP contribution in [0, 0.1) is 0 Å². The molecule has 0 radical (unpaired) electrons. The van der Waals surface area contributed by atoms with Crippen molar-refractivity contribution >= 4 is 11.6 Å². The minimum absolute atomic E-state index is 0.000215. The van der Waals surface area contributed by atoms with Gasteiger partial charge in [0.2, 0.25) is 0 Å². The number of carbonyl (C=O) groups excluding carboxylic acids is 2. The Morgan fingerprint density at radius 1 is 1.06 bits per heavy atom. The minimum atomic E-state index is -0.0920. The van der Waals surface area contributed by atoms with Gasteiger partial charge in [0.25, 0.3) is 0 Å². The second-order valence-electron chi connectivity index (χ2n) is 4.08. The van der Waals surface area contributed by atoms with Crippen molar-refractivity contribution in [1.29, 1.82) is 0 Å². The van der Waals surface area contributed by atoms with Gasteiger partial charge in [0.1, 0.15) is 0 Å². The fourth-order valence-corrected chi connectivity index (χ4v) is 1.50. The van der Waals surface area contributed by atoms with Gasteiger partial charge < -0.3 is 0 Å². The summed E-state index contributed by atoms with van der Waals surface area (Å²) in [5.74, 6) is -0.0922. The lowest BCUT2D eigenvalue weighted by Crippen LogP contribution is -1.97. The van der Waals surface area contributed by atoms with Crippen molar-refractivity contribution in [2.45, 2.75) is 33.1 Å². The highest BCUT2D eigenvalue weighted by molar-refractivity contribution is 5.97. The number of ketones is 2. The van der Waals surface area contributed by atoms with Crippen LogP contribution in [0.3, 0.4) is 0 Å². The first-order valence-electron chi connectivity index (χ1n) is 5.91. The van der Waals surface area contributed by atoms with Crippen molar-refractivity contribution in [2.24, 2.45) is 0 Å². The zero-order valence-electron chi connectivity index (χ0n) is 10.4. The van der Waals surface area contributed by atoms with Crippen molar-refractivity contribution in [3.63, 3.8) is 0 Å². The molecule has 1 aromatic rings. The summed E-state index contributed by atoms with van der Waals surface area (Å²) < 4.78 is 0. The van der Waals surface area contributed by atoms with E-state index in [4.69, 9.17) is 0 Å². The van der Waals surface area contributed by atoms with E-state index in [0.29, 0.717) is 6.42 Å². The highest BCUT2D eigenvalue weighted by atomic mass is 16.1. The number of rotatable bonds is 6. The first-order valence-corrected chi connectivity index (χ1v) is 5.91. The van der Waals surface area contributed by atoms with Crippen molar-refractivity contribution in [3.8, 4) is 0 Å². The van der Waals surface area contributed by atoms with Crippen LogP contribution in [0.5, 0.6) is 0 Å². The molecule has 2 heteroatoms. The number of hydrogen-bond acceptors (Lipinski definition) is 2. The van der Waals surface area contributed by atoms with Gasteiger partial charge in [-0.25, -0.2) is 0 Å². The molecular weight excluding hydrogens is 212 g/mol. The second-order valence-corrected chi connectivity index (χ2v) is 4.08. The van der Waals surface area contributed by atoms with E-state index in [1.54, 1.807) is 0 Å². The van der Waals surface area contributed by atoms with Gasteiger partial charge in [0, 0.05) is 6.42 Å². The van der Waals surface area contributed by atoms with Crippen LogP contribution in [0.15, 0.2) is 36.4 Å². The Kier molecular flexibility index (Phi) is 5.34. The molecule has 90 valence electrons. The second kappa shape index (κ2) is 6.79. The van der Waals surface area contributed by atoms with Gasteiger partial charge >= 0.3 is 0 Å². The molecule has 1 aromatic carbocycles. The summed E-state index contributed by atoms with van der Waals surface area (Å²) >= 11 is 0. The monoisotopic (exact) mass is 230 g/mol. The van der Waals surface area contributed by atoms with E-state index in [1.165, 1.54) is 24.6 Å². The first kappa shape index (κ1) is 13.4. The number of carbonyl (C=O) groups is 2. The molecule has 0 amide bonds. The predicted molar refractivity (Wildman–Crippen MR) is 69.0 cm³/mol. The van der Waals surface area contributed by atoms with Crippen LogP contribution in [-0.4, -0.2) is 11.6 Å². The zero-order chi connectivity index (χ0) is 12.7. The molecule has 0 atom stereocenters. The number of hydrogen-bond donors (Lipinski definition) is 0. The molecule has 17 heavy (non-hydrogen) atoms. The summed E-state index contributed by atoms with van der Waals surface area (Å²) in [7, 11) is 0. The average Bonchev–Trinajstić information content (AvgIpc) is 2.34. The summed E-state index contributed by atoms with van der Waals surface area (Å²) in [4.78, 5) is 22.1. The minimum Gasteiger partial charge on any atom is -0.295 e. The topological polar surface area (TPSA) is 34.1 Å². The van der Waals surface area contributed by atoms with Crippen LogP contribution in [0.4, 0.5) is 0 Å². The zero-order valence-corrected chi connectivity index (χ0v) is 10.4. The molecule has 0 aliphatic heterocycles. The molecule has 0 saturated carbocycles. The average molecular weight is 230 g/mol. The van der Waals surface area contributed by atoms with E-state index in [9.17, 15) is 9.59 Å². The summed E-state index contributed by atoms with van der Waals surface area (Å²) in [6.07, 6.45) is 4.89. The third-order valence-electron chi connectivity index (χ3n) is 2.60. The third-order valence-corrected chi connectivity index (χ3v) is 2.60. The van der Waals surface area contributed by atoms with E-state index in [-0.39, 0.29) is 11.6 Å². The lowest BCUT2D eigenvalue weighted by atomic mass is 10.0. The smallest absolute Gasteiger partial charge is 0.156 e. The lowest BCUT2D eigenvalue weighted by molar-refractivity contribution is -0.116. The molecule has 0 bridgehead atoms. The first-order chi connectivity index (χ1) is 8.11. The molecule has 2 nitrogen and oxygen atoms in total. The summed E-state index contributed by atoms with van der Waals surface area (Å²) in [5.41, 5.74) is 2.46. The van der Waals surface area contributed by atoms with E-state index >= 15 is 0 Å². The Balaban J connectivity index is 2.44. The fourth-order valence-electron chi connectivity index (χ4n) is 1.50. The van der Waals surface area contributed by atoms with Gasteiger partial charge in [0.15, 0.2) is 11.6 Å². The molecule has 0 aliphatic rings. The third kappa shape index (κ3) is 5.25. The van der Waals surface area contributed by atoms with Crippen molar-refractivity contribution in [3.05, 3.63) is 47.5 Å². The molecule has 1 rings (SSSR count). The van der Waals surface area contributed by atoms with E-state index in [2.05, 4.69) is 31.2 Å². The maximum Gasteiger partial charge on any atom is 0.156 e. The van der Waals surface area contributed by atoms with Crippen LogP contribution in [0.25, 0.3) is 0 Å². The van der Waals surface area contributed by atoms with Crippen LogP contribution >= 0.6 is 0 Å². The van der Waals surface area contributed by atoms with Crippen molar-refractivity contribution < 1.29 is 9.59 Å². The van der Waals surface area contributed by atoms with Crippen LogP contribution in [0.1, 0.15) is 31.4 Å². The standard InChI is InChI=1S/C15H18O2/c1-3-13-5-7-14(8-6-13)9-11-15(17)10-4-12(2)16/h4-8,10H,3,9,11H2,1-2H3/b10-4-. The van der Waals surface area contributed by atoms with Gasteiger partial charge in [-0.3, -0.25) is 9.59 Å². The molecule has 0 saturated heterocycles. The molecule has 0 heterocycles. The number of benzene rings is 1. The van der Waals surface area contributed by atoms with Crippen LogP contribution in [0.2, 0.25) is 0 Å². The van der Waals surface area contributed by atoms with Gasteiger partial charge in [0.05, 0.1) is 0 Å². The maximum atomic E-state index is 11.4. The van der Waals surface area contributed by atoms with Gasteiger partial charge in [-0.15, -0.1) is 0 Å². The van der Waals surface area contributed by atoms with Gasteiger partial charge in [-0.05, 0) is 43.0 Å². The lowest BCUT2D eigenvalue weighted by Gasteiger charge is -2.01. The molecule has 0 unspecified atom stereocenters. The SMILES string of the molecule is CCc1ccc(CCC(=O)/C=C\C(C)=O)cc1. The fraction of sp³-hybridized carbons (Fsp3) is 0.333. The number of aryl methyl sites for hydroxylation is 2. The Morgan fingerprint density at radius 2 is 1.65 bits per heavy atom. The summed E-state index contributed by atoms with van der Waals surface area (Å²) in [6.45, 7) is 3.55. The molecular formula is C15H18O2. The quantitative estimate of drug-likeness (QED) is 0.704. The van der Waals surface area contributed by atoms with Gasteiger partial charge in [-0.1, -0.05) is 31.2 Å². The largest absolute Gasteiger partial charge is 0.295 e. The Morgan fingerprint density at radius 3 is 2.18 bits per heavy atom. The van der Waals surface area contributed by atoms with Crippen LogP contribution < -0.4 is 0 Å². The van der Waals surface area contributed by atoms with E-state index < -0.39 is 0 Å². The molecule has 0 N–H and O–H groups in total. The highest BCUT2D eigenvalue weighted by Gasteiger charge is 1.99. The van der Waals surface area contributed by atoms with E-state index in [1.807, 2.05) is 0 Å². The summed E-state index contributed by atoms with van der Waals surface area (Å²) in [6, 6.07) is 8.29. The normalized spacial score (nSPS) is 10.7. The van der Waals surface area contributed by atoms with E-state index in [0.717, 1.165) is 18.4 Å². The van der Waals surface area contributed by atoms with Crippen LogP contribution in [-0.2, 0) is 22.4 Å². The number of allylic oxidation sites excluding steroid dienone is 2. The van der Waals surface area contributed by atoms with Gasteiger partial charge in [-0.2, -0.15) is 0 Å². The maximum absolute atomic E-state index is 11.4. The molecule has 0 spiro atoms. The van der Waals surface area contributed by atoms with Crippen molar-refractivity contribution in [2.75, 3.05) is 0 Å². The Bertz CT molecular complexity index is 413. The highest BCUT2D eigenvalue weighted by Crippen LogP contribution is 2.07. The molecule has 0 aromatic heterocycles. The summed E-state index contributed by atoms with van der Waals surface area (Å²) in [5, 5.41) is 0. The Hall–Kier alpha value is -1.70. The predicted octanol–water partition coefficient (Wildman–Crippen LogP) is 2.90. The molecule has 0 aliphatic carbocycles.